The zero-order chi connectivity index (χ0) is 26.2. The first-order valence-electron chi connectivity index (χ1n) is 11.9. The van der Waals surface area contributed by atoms with Crippen LogP contribution in [0.3, 0.4) is 0 Å². The monoisotopic (exact) mass is 557 g/mol. The molecule has 0 aliphatic carbocycles. The molecule has 0 amide bonds. The Kier molecular flexibility index (Phi) is 9.93. The van der Waals surface area contributed by atoms with Crippen LogP contribution in [0.5, 0.6) is 17.2 Å². The molecule has 0 aliphatic heterocycles. The fourth-order valence-corrected chi connectivity index (χ4v) is 3.79. The molecule has 0 aliphatic rings. The molecule has 4 aromatic carbocycles. The minimum Gasteiger partial charge on any atom is -0.507 e. The molecule has 5 nitrogen and oxygen atoms in total. The van der Waals surface area contributed by atoms with Gasteiger partial charge in [-0.2, -0.15) is 0 Å². The molecule has 2 heterocycles. The molecule has 0 fully saturated rings. The second-order valence-corrected chi connectivity index (χ2v) is 8.49. The van der Waals surface area contributed by atoms with Gasteiger partial charge < -0.3 is 15.3 Å². The Labute approximate surface area is 235 Å². The van der Waals surface area contributed by atoms with E-state index in [1.54, 1.807) is 18.2 Å². The minimum atomic E-state index is 0. The zero-order valence-corrected chi connectivity index (χ0v) is 23.7. The Morgan fingerprint density at radius 2 is 0.895 bits per heavy atom. The van der Waals surface area contributed by atoms with Crippen LogP contribution in [0.2, 0.25) is 0 Å². The van der Waals surface area contributed by atoms with E-state index in [-0.39, 0.29) is 31.3 Å². The Hall–Kier alpha value is -4.26. The van der Waals surface area contributed by atoms with Gasteiger partial charge in [0, 0.05) is 47.5 Å². The number of nitrogens with zero attached hydrogens (tertiary/aromatic N) is 2. The van der Waals surface area contributed by atoms with Gasteiger partial charge in [0.1, 0.15) is 28.3 Å². The minimum absolute atomic E-state index is 0. The second kappa shape index (κ2) is 13.3. The quantitative estimate of drug-likeness (QED) is 0.186. The third kappa shape index (κ3) is 7.15. The van der Waals surface area contributed by atoms with Crippen molar-refractivity contribution in [2.45, 2.75) is 13.8 Å². The fraction of sp³-hybridized carbons (Fsp3) is 0.0625. The molecule has 0 unspecified atom stereocenters. The third-order valence-electron chi connectivity index (χ3n) is 5.67. The third-order valence-corrected chi connectivity index (χ3v) is 5.67. The summed E-state index contributed by atoms with van der Waals surface area (Å²) >= 11 is 0. The topological polar surface area (TPSA) is 86.5 Å². The molecule has 0 atom stereocenters. The van der Waals surface area contributed by atoms with E-state index in [2.05, 4.69) is 9.97 Å². The Morgan fingerprint density at radius 3 is 1.39 bits per heavy atom. The van der Waals surface area contributed by atoms with Crippen molar-refractivity contribution >= 4 is 41.6 Å². The molecule has 3 N–H and O–H groups in total. The van der Waals surface area contributed by atoms with E-state index in [9.17, 15) is 15.3 Å². The smallest absolute Gasteiger partial charge is 0.141 e. The summed E-state index contributed by atoms with van der Waals surface area (Å²) in [4.78, 5) is 8.45. The van der Waals surface area contributed by atoms with Gasteiger partial charge in [-0.05, 0) is 49.7 Å². The molecule has 0 saturated heterocycles. The van der Waals surface area contributed by atoms with Crippen LogP contribution in [0.4, 0.5) is 0 Å². The molecule has 6 aromatic rings. The summed E-state index contributed by atoms with van der Waals surface area (Å²) < 4.78 is 0. The summed E-state index contributed by atoms with van der Waals surface area (Å²) in [6.45, 7) is 3.82. The predicted molar refractivity (Wildman–Crippen MR) is 156 cm³/mol. The summed E-state index contributed by atoms with van der Waals surface area (Å²) in [6, 6.07) is 35.8. The summed E-state index contributed by atoms with van der Waals surface area (Å²) in [5, 5.41) is 30.4. The van der Waals surface area contributed by atoms with Crippen LogP contribution in [0.15, 0.2) is 115 Å². The van der Waals surface area contributed by atoms with Gasteiger partial charge in [0.25, 0.3) is 0 Å². The summed E-state index contributed by atoms with van der Waals surface area (Å²) in [5.74, 6) is 0.820. The number of fused-ring (bicyclic) bond motifs is 2. The average Bonchev–Trinajstić information content (AvgIpc) is 2.91. The van der Waals surface area contributed by atoms with Gasteiger partial charge in [0.15, 0.2) is 0 Å². The summed E-state index contributed by atoms with van der Waals surface area (Å²) in [7, 11) is 0. The number of hydrogen-bond acceptors (Lipinski definition) is 5. The Morgan fingerprint density at radius 1 is 0.447 bits per heavy atom. The van der Waals surface area contributed by atoms with Crippen molar-refractivity contribution in [2.75, 3.05) is 0 Å². The first-order chi connectivity index (χ1) is 17.9. The number of benzene rings is 4. The number of para-hydroxylation sites is 3. The van der Waals surface area contributed by atoms with Gasteiger partial charge in [-0.15, -0.1) is 0 Å². The van der Waals surface area contributed by atoms with Crippen LogP contribution in [0.1, 0.15) is 11.4 Å². The van der Waals surface area contributed by atoms with Crippen LogP contribution in [0, 0.1) is 13.8 Å². The van der Waals surface area contributed by atoms with Crippen molar-refractivity contribution in [3.05, 3.63) is 127 Å². The molecule has 0 bridgehead atoms. The summed E-state index contributed by atoms with van der Waals surface area (Å²) in [6.07, 6.45) is 0. The first-order valence-corrected chi connectivity index (χ1v) is 11.9. The standard InChI is InChI=1S/C12H10O.2C10H9NO.Ga/c13-12-9-5-4-8-11(12)10-6-2-1-3-7-10;2*1-7-5-6-8-3-2-4-9(12)10(8)11-7;/h1-9,13H;2*2-6,12H,1H3;. The van der Waals surface area contributed by atoms with Crippen molar-refractivity contribution in [1.82, 2.24) is 9.97 Å². The number of aromatic nitrogens is 2. The van der Waals surface area contributed by atoms with E-state index in [4.69, 9.17) is 0 Å². The SMILES string of the molecule is Cc1ccc2cccc(O)c2n1.Cc1ccc2cccc(O)c2n1.Oc1ccccc1-c1ccccc1.[Ga]. The maximum atomic E-state index is 9.56. The van der Waals surface area contributed by atoms with E-state index in [0.29, 0.717) is 16.8 Å². The fourth-order valence-electron chi connectivity index (χ4n) is 3.79. The second-order valence-electron chi connectivity index (χ2n) is 8.49. The number of hydrogen-bond donors (Lipinski definition) is 3. The number of phenols is 3. The van der Waals surface area contributed by atoms with Crippen molar-refractivity contribution in [3.8, 4) is 28.4 Å². The van der Waals surface area contributed by atoms with Crippen LogP contribution >= 0.6 is 0 Å². The number of phenolic OH excluding ortho intramolecular Hbond substituents is 3. The molecule has 38 heavy (non-hydrogen) atoms. The number of aryl methyl sites for hydroxylation is 2. The van der Waals surface area contributed by atoms with E-state index in [1.165, 1.54) is 0 Å². The largest absolute Gasteiger partial charge is 0.507 e. The van der Waals surface area contributed by atoms with Gasteiger partial charge in [-0.1, -0.05) is 84.9 Å². The molecule has 6 heteroatoms. The van der Waals surface area contributed by atoms with E-state index in [0.717, 1.165) is 33.3 Å². The molecule has 2 aromatic heterocycles. The molecule has 6 rings (SSSR count). The summed E-state index contributed by atoms with van der Waals surface area (Å²) in [5.41, 5.74) is 5.12. The van der Waals surface area contributed by atoms with E-state index >= 15 is 0 Å². The van der Waals surface area contributed by atoms with Crippen molar-refractivity contribution in [3.63, 3.8) is 0 Å². The Bertz CT molecular complexity index is 1560. The maximum absolute atomic E-state index is 9.56. The van der Waals surface area contributed by atoms with Gasteiger partial charge in [0.2, 0.25) is 0 Å². The van der Waals surface area contributed by atoms with E-state index < -0.39 is 0 Å². The predicted octanol–water partition coefficient (Wildman–Crippen LogP) is 7.18. The molecule has 187 valence electrons. The van der Waals surface area contributed by atoms with Gasteiger partial charge >= 0.3 is 0 Å². The van der Waals surface area contributed by atoms with Gasteiger partial charge in [-0.25, -0.2) is 9.97 Å². The molecule has 0 saturated carbocycles. The number of rotatable bonds is 1. The molecular weight excluding hydrogens is 530 g/mol. The van der Waals surface area contributed by atoms with Crippen LogP contribution in [-0.2, 0) is 0 Å². The van der Waals surface area contributed by atoms with Crippen molar-refractivity contribution < 1.29 is 15.3 Å². The van der Waals surface area contributed by atoms with Crippen LogP contribution in [-0.4, -0.2) is 45.1 Å². The van der Waals surface area contributed by atoms with Gasteiger partial charge in [0.05, 0.1) is 0 Å². The number of pyridine rings is 2. The normalized spacial score (nSPS) is 9.95. The van der Waals surface area contributed by atoms with Crippen LogP contribution < -0.4 is 0 Å². The van der Waals surface area contributed by atoms with Crippen molar-refractivity contribution in [1.29, 1.82) is 0 Å². The van der Waals surface area contributed by atoms with E-state index in [1.807, 2.05) is 111 Å². The Balaban J connectivity index is 0.000000156. The zero-order valence-electron chi connectivity index (χ0n) is 21.3. The first kappa shape index (κ1) is 28.3. The molecule has 3 radical (unpaired) electrons. The molecular formula is C32H28GaN2O3. The van der Waals surface area contributed by atoms with Crippen LogP contribution in [0.25, 0.3) is 32.9 Å². The molecule has 0 spiro atoms. The number of aromatic hydroxyl groups is 3. The van der Waals surface area contributed by atoms with Crippen molar-refractivity contribution in [2.24, 2.45) is 0 Å². The average molecular weight is 558 g/mol. The maximum Gasteiger partial charge on any atom is 0.141 e. The van der Waals surface area contributed by atoms with Gasteiger partial charge in [-0.3, -0.25) is 0 Å².